The molecule has 0 unspecified atom stereocenters. The van der Waals surface area contributed by atoms with E-state index in [0.717, 1.165) is 5.39 Å². The predicted octanol–water partition coefficient (Wildman–Crippen LogP) is 2.11. The number of hydrogen-bond donors (Lipinski definition) is 1. The van der Waals surface area contributed by atoms with Crippen LogP contribution in [0, 0.1) is 0 Å². The highest BCUT2D eigenvalue weighted by atomic mass is 32.2. The lowest BCUT2D eigenvalue weighted by Gasteiger charge is -2.08. The minimum absolute atomic E-state index is 0.145. The lowest BCUT2D eigenvalue weighted by Crippen LogP contribution is -2.24. The number of nitrogens with one attached hydrogen (secondary N) is 1. The fraction of sp³-hybridized carbons (Fsp3) is 0.0667. The molecule has 0 bridgehead atoms. The summed E-state index contributed by atoms with van der Waals surface area (Å²) in [7, 11) is -3.64. The van der Waals surface area contributed by atoms with Crippen molar-refractivity contribution in [2.45, 2.75) is 11.4 Å². The fourth-order valence-electron chi connectivity index (χ4n) is 2.04. The van der Waals surface area contributed by atoms with Gasteiger partial charge in [-0.15, -0.1) is 0 Å². The van der Waals surface area contributed by atoms with E-state index in [1.807, 2.05) is 18.2 Å². The van der Waals surface area contributed by atoms with Gasteiger partial charge in [0.1, 0.15) is 4.90 Å². The van der Waals surface area contributed by atoms with Gasteiger partial charge in [0.05, 0.1) is 17.8 Å². The zero-order valence-electron chi connectivity index (χ0n) is 11.1. The Morgan fingerprint density at radius 3 is 2.52 bits per heavy atom. The Hall–Kier alpha value is -2.31. The average Bonchev–Trinajstić information content (AvgIpc) is 2.53. The molecule has 21 heavy (non-hydrogen) atoms. The zero-order valence-corrected chi connectivity index (χ0v) is 11.9. The number of rotatable bonds is 4. The van der Waals surface area contributed by atoms with E-state index in [0.29, 0.717) is 11.2 Å². The number of benzene rings is 1. The van der Waals surface area contributed by atoms with Gasteiger partial charge in [0, 0.05) is 17.8 Å². The first-order chi connectivity index (χ1) is 10.2. The third-order valence-electron chi connectivity index (χ3n) is 3.05. The van der Waals surface area contributed by atoms with E-state index in [9.17, 15) is 8.42 Å². The fourth-order valence-corrected chi connectivity index (χ4v) is 3.22. The van der Waals surface area contributed by atoms with Crippen molar-refractivity contribution in [3.05, 3.63) is 66.6 Å². The Morgan fingerprint density at radius 1 is 0.905 bits per heavy atom. The van der Waals surface area contributed by atoms with Crippen LogP contribution in [0.5, 0.6) is 0 Å². The Morgan fingerprint density at radius 2 is 1.71 bits per heavy atom. The summed E-state index contributed by atoms with van der Waals surface area (Å²) in [4.78, 5) is 8.44. The number of sulfonamides is 1. The van der Waals surface area contributed by atoms with Crippen molar-refractivity contribution in [2.24, 2.45) is 0 Å². The van der Waals surface area contributed by atoms with Gasteiger partial charge in [0.25, 0.3) is 0 Å². The highest BCUT2D eigenvalue weighted by Crippen LogP contribution is 2.20. The van der Waals surface area contributed by atoms with Crippen molar-refractivity contribution in [3.63, 3.8) is 0 Å². The molecule has 2 aromatic heterocycles. The molecule has 3 aromatic rings. The molecule has 0 saturated heterocycles. The second kappa shape index (κ2) is 5.59. The van der Waals surface area contributed by atoms with Crippen molar-refractivity contribution in [2.75, 3.05) is 0 Å². The van der Waals surface area contributed by atoms with E-state index in [2.05, 4.69) is 14.7 Å². The highest BCUT2D eigenvalue weighted by Gasteiger charge is 2.17. The molecule has 0 saturated carbocycles. The SMILES string of the molecule is O=S(=O)(NCc1ccccn1)c1cccc2cccnc12. The second-order valence-electron chi connectivity index (χ2n) is 4.48. The van der Waals surface area contributed by atoms with Gasteiger partial charge in [-0.2, -0.15) is 0 Å². The first-order valence-corrected chi connectivity index (χ1v) is 7.88. The average molecular weight is 299 g/mol. The molecular formula is C15H13N3O2S. The van der Waals surface area contributed by atoms with Gasteiger partial charge in [0.15, 0.2) is 0 Å². The maximum Gasteiger partial charge on any atom is 0.243 e. The van der Waals surface area contributed by atoms with Gasteiger partial charge in [0.2, 0.25) is 10.0 Å². The minimum atomic E-state index is -3.64. The maximum atomic E-state index is 12.4. The zero-order chi connectivity index (χ0) is 14.7. The molecule has 6 heteroatoms. The van der Waals surface area contributed by atoms with Crippen LogP contribution in [0.25, 0.3) is 10.9 Å². The van der Waals surface area contributed by atoms with Gasteiger partial charge in [-0.25, -0.2) is 13.1 Å². The van der Waals surface area contributed by atoms with E-state index < -0.39 is 10.0 Å². The third kappa shape index (κ3) is 2.91. The minimum Gasteiger partial charge on any atom is -0.260 e. The number of pyridine rings is 2. The summed E-state index contributed by atoms with van der Waals surface area (Å²) in [6.07, 6.45) is 3.21. The molecule has 3 rings (SSSR count). The van der Waals surface area contributed by atoms with E-state index in [-0.39, 0.29) is 11.4 Å². The molecule has 1 aromatic carbocycles. The molecule has 0 fully saturated rings. The molecule has 0 aliphatic heterocycles. The van der Waals surface area contributed by atoms with E-state index in [1.54, 1.807) is 42.7 Å². The lowest BCUT2D eigenvalue weighted by molar-refractivity contribution is 0.581. The van der Waals surface area contributed by atoms with E-state index in [1.165, 1.54) is 0 Å². The second-order valence-corrected chi connectivity index (χ2v) is 6.21. The molecule has 106 valence electrons. The Balaban J connectivity index is 1.94. The standard InChI is InChI=1S/C15H13N3O2S/c19-21(20,18-11-13-7-1-2-9-16-13)14-8-3-5-12-6-4-10-17-15(12)14/h1-10,18H,11H2. The van der Waals surface area contributed by atoms with E-state index in [4.69, 9.17) is 0 Å². The summed E-state index contributed by atoms with van der Waals surface area (Å²) in [6.45, 7) is 0.145. The molecule has 0 spiro atoms. The predicted molar refractivity (Wildman–Crippen MR) is 80.0 cm³/mol. The van der Waals surface area contributed by atoms with Crippen LogP contribution in [0.2, 0.25) is 0 Å². The van der Waals surface area contributed by atoms with Gasteiger partial charge in [-0.3, -0.25) is 9.97 Å². The summed E-state index contributed by atoms with van der Waals surface area (Å²) in [6, 6.07) is 14.1. The topological polar surface area (TPSA) is 72.0 Å². The summed E-state index contributed by atoms with van der Waals surface area (Å²) >= 11 is 0. The number of para-hydroxylation sites is 1. The lowest BCUT2D eigenvalue weighted by atomic mass is 10.2. The van der Waals surface area contributed by atoms with Crippen molar-refractivity contribution in [1.29, 1.82) is 0 Å². The number of aromatic nitrogens is 2. The Bertz CT molecular complexity index is 859. The summed E-state index contributed by atoms with van der Waals surface area (Å²) in [5, 5.41) is 0.790. The number of fused-ring (bicyclic) bond motifs is 1. The number of hydrogen-bond acceptors (Lipinski definition) is 4. The molecule has 0 aliphatic carbocycles. The molecular weight excluding hydrogens is 286 g/mol. The smallest absolute Gasteiger partial charge is 0.243 e. The summed E-state index contributed by atoms with van der Waals surface area (Å²) < 4.78 is 27.4. The van der Waals surface area contributed by atoms with Crippen molar-refractivity contribution in [1.82, 2.24) is 14.7 Å². The molecule has 0 radical (unpaired) electrons. The van der Waals surface area contributed by atoms with Crippen LogP contribution in [0.15, 0.2) is 65.8 Å². The van der Waals surface area contributed by atoms with Crippen LogP contribution in [0.3, 0.4) is 0 Å². The van der Waals surface area contributed by atoms with Crippen molar-refractivity contribution < 1.29 is 8.42 Å². The largest absolute Gasteiger partial charge is 0.260 e. The third-order valence-corrected chi connectivity index (χ3v) is 4.49. The molecule has 0 atom stereocenters. The maximum absolute atomic E-state index is 12.4. The molecule has 2 heterocycles. The molecule has 5 nitrogen and oxygen atoms in total. The van der Waals surface area contributed by atoms with E-state index >= 15 is 0 Å². The van der Waals surface area contributed by atoms with Crippen LogP contribution in [-0.4, -0.2) is 18.4 Å². The van der Waals surface area contributed by atoms with Crippen LogP contribution >= 0.6 is 0 Å². The molecule has 0 aliphatic rings. The highest BCUT2D eigenvalue weighted by molar-refractivity contribution is 7.89. The van der Waals surface area contributed by atoms with Gasteiger partial charge in [-0.1, -0.05) is 24.3 Å². The molecule has 1 N–H and O–H groups in total. The van der Waals surface area contributed by atoms with Crippen LogP contribution in [0.4, 0.5) is 0 Å². The van der Waals surface area contributed by atoms with Gasteiger partial charge >= 0.3 is 0 Å². The Labute approximate surface area is 122 Å². The monoisotopic (exact) mass is 299 g/mol. The first-order valence-electron chi connectivity index (χ1n) is 6.40. The van der Waals surface area contributed by atoms with Crippen molar-refractivity contribution in [3.8, 4) is 0 Å². The van der Waals surface area contributed by atoms with Crippen LogP contribution in [-0.2, 0) is 16.6 Å². The number of nitrogens with zero attached hydrogens (tertiary/aromatic N) is 2. The Kier molecular flexibility index (Phi) is 3.64. The summed E-state index contributed by atoms with van der Waals surface area (Å²) in [5.41, 5.74) is 1.13. The van der Waals surface area contributed by atoms with Crippen LogP contribution in [0.1, 0.15) is 5.69 Å². The van der Waals surface area contributed by atoms with Gasteiger partial charge < -0.3 is 0 Å². The van der Waals surface area contributed by atoms with Crippen molar-refractivity contribution >= 4 is 20.9 Å². The summed E-state index contributed by atoms with van der Waals surface area (Å²) in [5.74, 6) is 0. The first kappa shape index (κ1) is 13.7. The van der Waals surface area contributed by atoms with Gasteiger partial charge in [-0.05, 0) is 24.3 Å². The molecule has 0 amide bonds. The van der Waals surface area contributed by atoms with Crippen LogP contribution < -0.4 is 4.72 Å². The normalized spacial score (nSPS) is 11.6. The quantitative estimate of drug-likeness (QED) is 0.801.